The third-order valence-electron chi connectivity index (χ3n) is 4.96. The minimum absolute atomic E-state index is 0.0399. The summed E-state index contributed by atoms with van der Waals surface area (Å²) in [6, 6.07) is 10.8. The van der Waals surface area contributed by atoms with E-state index in [-0.39, 0.29) is 35.9 Å². The van der Waals surface area contributed by atoms with Gasteiger partial charge in [0.2, 0.25) is 11.8 Å². The molecular formula is C21H28N2O2. The summed E-state index contributed by atoms with van der Waals surface area (Å²) in [6.07, 6.45) is 5.64. The summed E-state index contributed by atoms with van der Waals surface area (Å²) < 4.78 is 0. The Kier molecular flexibility index (Phi) is 4.98. The first kappa shape index (κ1) is 17.7. The van der Waals surface area contributed by atoms with Crippen molar-refractivity contribution in [2.45, 2.75) is 58.5 Å². The van der Waals surface area contributed by atoms with Crippen molar-refractivity contribution < 1.29 is 9.59 Å². The van der Waals surface area contributed by atoms with Crippen LogP contribution in [0, 0.1) is 5.41 Å². The van der Waals surface area contributed by atoms with Gasteiger partial charge in [-0.3, -0.25) is 9.59 Å². The maximum absolute atomic E-state index is 12.7. The lowest BCUT2D eigenvalue weighted by Gasteiger charge is -2.34. The number of carbonyl (C=O) groups is 2. The molecule has 0 spiro atoms. The van der Waals surface area contributed by atoms with E-state index in [2.05, 4.69) is 35.7 Å². The van der Waals surface area contributed by atoms with Crippen molar-refractivity contribution >= 4 is 17.4 Å². The van der Waals surface area contributed by atoms with E-state index in [4.69, 9.17) is 0 Å². The zero-order valence-corrected chi connectivity index (χ0v) is 15.4. The highest BCUT2D eigenvalue weighted by molar-refractivity contribution is 5.86. The second kappa shape index (κ2) is 7.03. The van der Waals surface area contributed by atoms with Crippen LogP contribution in [0.2, 0.25) is 0 Å². The van der Waals surface area contributed by atoms with Crippen LogP contribution in [0.1, 0.15) is 52.0 Å². The average molecular weight is 340 g/mol. The van der Waals surface area contributed by atoms with Gasteiger partial charge in [-0.1, -0.05) is 57.2 Å². The quantitative estimate of drug-likeness (QED) is 0.913. The van der Waals surface area contributed by atoms with Gasteiger partial charge >= 0.3 is 0 Å². The molecule has 1 N–H and O–H groups in total. The lowest BCUT2D eigenvalue weighted by molar-refractivity contribution is -0.135. The predicted octanol–water partition coefficient (Wildman–Crippen LogP) is 3.39. The van der Waals surface area contributed by atoms with Crippen molar-refractivity contribution in [2.75, 3.05) is 6.54 Å². The van der Waals surface area contributed by atoms with Gasteiger partial charge in [0.1, 0.15) is 0 Å². The van der Waals surface area contributed by atoms with Crippen LogP contribution in [0.5, 0.6) is 0 Å². The van der Waals surface area contributed by atoms with Crippen molar-refractivity contribution in [2.24, 2.45) is 5.41 Å². The average Bonchev–Trinajstić information content (AvgIpc) is 2.82. The summed E-state index contributed by atoms with van der Waals surface area (Å²) in [5.41, 5.74) is 2.53. The Morgan fingerprint density at radius 3 is 2.52 bits per heavy atom. The van der Waals surface area contributed by atoms with Gasteiger partial charge < -0.3 is 10.2 Å². The SMILES string of the molecule is CC(C)(C)CC(=O)NCC(=O)N1[C@@H]2CC[C@@H]1C=C(c1ccccc1)C2. The van der Waals surface area contributed by atoms with Crippen LogP contribution < -0.4 is 5.32 Å². The minimum Gasteiger partial charge on any atom is -0.347 e. The van der Waals surface area contributed by atoms with E-state index in [9.17, 15) is 9.59 Å². The highest BCUT2D eigenvalue weighted by Crippen LogP contribution is 2.38. The standard InChI is InChI=1S/C21H28N2O2/c1-21(2,3)13-19(24)22-14-20(25)23-17-9-10-18(23)12-16(11-17)15-7-5-4-6-8-15/h4-8,11,17-18H,9-10,12-14H2,1-3H3,(H,22,24)/t17-,18-/m1/s1. The number of fused-ring (bicyclic) bond motifs is 2. The topological polar surface area (TPSA) is 49.4 Å². The molecule has 2 aliphatic rings. The fourth-order valence-electron chi connectivity index (χ4n) is 3.89. The predicted molar refractivity (Wildman–Crippen MR) is 99.8 cm³/mol. The van der Waals surface area contributed by atoms with Crippen LogP contribution in [0.15, 0.2) is 36.4 Å². The van der Waals surface area contributed by atoms with Crippen LogP contribution in [0.25, 0.3) is 5.57 Å². The molecule has 2 aliphatic heterocycles. The largest absolute Gasteiger partial charge is 0.347 e. The Morgan fingerprint density at radius 2 is 1.88 bits per heavy atom. The maximum atomic E-state index is 12.7. The minimum atomic E-state index is -0.0649. The molecule has 1 aromatic rings. The van der Waals surface area contributed by atoms with E-state index >= 15 is 0 Å². The molecule has 0 saturated carbocycles. The summed E-state index contributed by atoms with van der Waals surface area (Å²) in [5, 5.41) is 2.80. The number of benzene rings is 1. The van der Waals surface area contributed by atoms with Crippen LogP contribution in [0.3, 0.4) is 0 Å². The number of rotatable bonds is 4. The molecule has 0 aromatic heterocycles. The van der Waals surface area contributed by atoms with Crippen LogP contribution >= 0.6 is 0 Å². The first-order chi connectivity index (χ1) is 11.8. The lowest BCUT2D eigenvalue weighted by atomic mass is 9.92. The van der Waals surface area contributed by atoms with Gasteiger partial charge in [-0.25, -0.2) is 0 Å². The summed E-state index contributed by atoms with van der Waals surface area (Å²) in [6.45, 7) is 6.18. The first-order valence-corrected chi connectivity index (χ1v) is 9.17. The van der Waals surface area contributed by atoms with Gasteiger partial charge in [0.05, 0.1) is 12.6 Å². The van der Waals surface area contributed by atoms with Gasteiger partial charge in [-0.15, -0.1) is 0 Å². The van der Waals surface area contributed by atoms with E-state index < -0.39 is 0 Å². The van der Waals surface area contributed by atoms with Gasteiger partial charge in [0.25, 0.3) is 0 Å². The van der Waals surface area contributed by atoms with Crippen molar-refractivity contribution in [3.8, 4) is 0 Å². The van der Waals surface area contributed by atoms with Gasteiger partial charge in [0, 0.05) is 12.5 Å². The Balaban J connectivity index is 1.62. The molecule has 3 rings (SSSR count). The second-order valence-electron chi connectivity index (χ2n) is 8.38. The molecule has 25 heavy (non-hydrogen) atoms. The van der Waals surface area contributed by atoms with Crippen molar-refractivity contribution in [1.82, 2.24) is 10.2 Å². The molecule has 134 valence electrons. The van der Waals surface area contributed by atoms with E-state index in [1.54, 1.807) is 0 Å². The monoisotopic (exact) mass is 340 g/mol. The Hall–Kier alpha value is -2.10. The number of hydrogen-bond donors (Lipinski definition) is 1. The number of carbonyl (C=O) groups excluding carboxylic acids is 2. The smallest absolute Gasteiger partial charge is 0.242 e. The Bertz CT molecular complexity index is 673. The van der Waals surface area contributed by atoms with Crippen molar-refractivity contribution in [1.29, 1.82) is 0 Å². The van der Waals surface area contributed by atoms with Crippen molar-refractivity contribution in [3.05, 3.63) is 42.0 Å². The third kappa shape index (κ3) is 4.30. The molecule has 2 amide bonds. The highest BCUT2D eigenvalue weighted by atomic mass is 16.2. The lowest BCUT2D eigenvalue weighted by Crippen LogP contribution is -2.47. The Labute approximate surface area is 150 Å². The molecule has 1 fully saturated rings. The zero-order chi connectivity index (χ0) is 18.0. The number of amides is 2. The number of hydrogen-bond acceptors (Lipinski definition) is 2. The molecule has 2 atom stereocenters. The van der Waals surface area contributed by atoms with Crippen molar-refractivity contribution in [3.63, 3.8) is 0 Å². The zero-order valence-electron chi connectivity index (χ0n) is 15.4. The van der Waals surface area contributed by atoms with Crippen LogP contribution in [-0.4, -0.2) is 35.3 Å². The fraction of sp³-hybridized carbons (Fsp3) is 0.524. The molecular weight excluding hydrogens is 312 g/mol. The first-order valence-electron chi connectivity index (χ1n) is 9.17. The van der Waals surface area contributed by atoms with Gasteiger partial charge in [-0.2, -0.15) is 0 Å². The molecule has 2 bridgehead atoms. The number of nitrogens with zero attached hydrogens (tertiary/aromatic N) is 1. The van der Waals surface area contributed by atoms with E-state index in [1.165, 1.54) is 11.1 Å². The van der Waals surface area contributed by atoms with E-state index in [0.717, 1.165) is 19.3 Å². The Morgan fingerprint density at radius 1 is 1.16 bits per heavy atom. The van der Waals surface area contributed by atoms with Crippen LogP contribution in [-0.2, 0) is 9.59 Å². The third-order valence-corrected chi connectivity index (χ3v) is 4.96. The summed E-state index contributed by atoms with van der Waals surface area (Å²) in [5.74, 6) is -0.0103. The molecule has 1 aromatic carbocycles. The van der Waals surface area contributed by atoms with Crippen LogP contribution in [0.4, 0.5) is 0 Å². The fourth-order valence-corrected chi connectivity index (χ4v) is 3.89. The summed E-state index contributed by atoms with van der Waals surface area (Å²) in [7, 11) is 0. The summed E-state index contributed by atoms with van der Waals surface area (Å²) >= 11 is 0. The van der Waals surface area contributed by atoms with Gasteiger partial charge in [-0.05, 0) is 35.8 Å². The number of nitrogens with one attached hydrogen (secondary N) is 1. The van der Waals surface area contributed by atoms with E-state index in [0.29, 0.717) is 6.42 Å². The summed E-state index contributed by atoms with van der Waals surface area (Å²) in [4.78, 5) is 26.6. The van der Waals surface area contributed by atoms with Gasteiger partial charge in [0.15, 0.2) is 0 Å². The molecule has 1 saturated heterocycles. The normalized spacial score (nSPS) is 22.5. The molecule has 2 heterocycles. The molecule has 4 nitrogen and oxygen atoms in total. The maximum Gasteiger partial charge on any atom is 0.242 e. The molecule has 4 heteroatoms. The molecule has 0 aliphatic carbocycles. The highest BCUT2D eigenvalue weighted by Gasteiger charge is 2.39. The second-order valence-corrected chi connectivity index (χ2v) is 8.38. The van der Waals surface area contributed by atoms with E-state index in [1.807, 2.05) is 31.7 Å². The molecule has 0 radical (unpaired) electrons. The molecule has 0 unspecified atom stereocenters.